The zero-order chi connectivity index (χ0) is 24.9. The monoisotopic (exact) mass is 467 g/mol. The predicted octanol–water partition coefficient (Wildman–Crippen LogP) is 2.26. The van der Waals surface area contributed by atoms with E-state index in [0.717, 1.165) is 22.3 Å². The van der Waals surface area contributed by atoms with E-state index in [-0.39, 0.29) is 19.1 Å². The maximum Gasteiger partial charge on any atom is 0.407 e. The summed E-state index contributed by atoms with van der Waals surface area (Å²) >= 11 is 0. The van der Waals surface area contributed by atoms with E-state index in [1.54, 1.807) is 20.8 Å². The Labute approximate surface area is 197 Å². The van der Waals surface area contributed by atoms with E-state index < -0.39 is 41.9 Å². The highest BCUT2D eigenvalue weighted by molar-refractivity contribution is 5.89. The van der Waals surface area contributed by atoms with Gasteiger partial charge in [0.25, 0.3) is 0 Å². The molecule has 34 heavy (non-hydrogen) atoms. The highest BCUT2D eigenvalue weighted by Gasteiger charge is 2.32. The molecule has 0 aromatic heterocycles. The number of benzene rings is 2. The maximum absolute atomic E-state index is 12.1. The lowest BCUT2D eigenvalue weighted by Crippen LogP contribution is -2.52. The summed E-state index contributed by atoms with van der Waals surface area (Å²) in [5.41, 5.74) is 3.69. The molecular formula is C25H29N3O6. The number of rotatable bonds is 8. The minimum Gasteiger partial charge on any atom is -0.480 e. The van der Waals surface area contributed by atoms with Crippen LogP contribution in [-0.4, -0.2) is 54.7 Å². The number of fused-ring (bicyclic) bond motifs is 3. The Kier molecular flexibility index (Phi) is 7.55. The average Bonchev–Trinajstić information content (AvgIpc) is 3.11. The Morgan fingerprint density at radius 2 is 1.41 bits per heavy atom. The summed E-state index contributed by atoms with van der Waals surface area (Å²) in [5, 5.41) is 16.3. The number of carboxylic acid groups (broad SMARTS) is 1. The summed E-state index contributed by atoms with van der Waals surface area (Å²) in [6.07, 6.45) is -0.750. The van der Waals surface area contributed by atoms with Gasteiger partial charge in [-0.15, -0.1) is 0 Å². The molecule has 1 aliphatic carbocycles. The van der Waals surface area contributed by atoms with Gasteiger partial charge in [0.2, 0.25) is 11.8 Å². The van der Waals surface area contributed by atoms with Crippen LogP contribution < -0.4 is 16.0 Å². The number of aliphatic carboxylic acids is 1. The SMILES string of the molecule is CC(C)(C)[C@H](NC(=O)CNC(=O)CNC(=O)OCC1c2ccccc2-c2ccccc21)C(=O)O. The summed E-state index contributed by atoms with van der Waals surface area (Å²) in [6.45, 7) is 4.37. The zero-order valence-electron chi connectivity index (χ0n) is 19.4. The van der Waals surface area contributed by atoms with Gasteiger partial charge in [-0.1, -0.05) is 69.3 Å². The molecule has 0 bridgehead atoms. The van der Waals surface area contributed by atoms with Gasteiger partial charge < -0.3 is 25.8 Å². The summed E-state index contributed by atoms with van der Waals surface area (Å²) in [4.78, 5) is 47.4. The van der Waals surface area contributed by atoms with Gasteiger partial charge in [-0.05, 0) is 27.7 Å². The molecule has 0 aliphatic heterocycles. The first-order valence-corrected chi connectivity index (χ1v) is 11.0. The molecule has 0 saturated carbocycles. The molecule has 3 rings (SSSR count). The first-order chi connectivity index (χ1) is 16.1. The van der Waals surface area contributed by atoms with Gasteiger partial charge in [-0.2, -0.15) is 0 Å². The van der Waals surface area contributed by atoms with Crippen LogP contribution in [-0.2, 0) is 19.1 Å². The van der Waals surface area contributed by atoms with E-state index in [1.807, 2.05) is 48.5 Å². The first-order valence-electron chi connectivity index (χ1n) is 11.0. The Morgan fingerprint density at radius 3 is 1.94 bits per heavy atom. The lowest BCUT2D eigenvalue weighted by atomic mass is 9.87. The third kappa shape index (κ3) is 5.92. The molecular weight excluding hydrogens is 438 g/mol. The molecule has 9 heteroatoms. The molecule has 0 heterocycles. The molecule has 9 nitrogen and oxygen atoms in total. The second kappa shape index (κ2) is 10.4. The van der Waals surface area contributed by atoms with Crippen LogP contribution in [0.25, 0.3) is 11.1 Å². The van der Waals surface area contributed by atoms with Crippen molar-refractivity contribution in [2.45, 2.75) is 32.7 Å². The van der Waals surface area contributed by atoms with Gasteiger partial charge in [-0.3, -0.25) is 9.59 Å². The van der Waals surface area contributed by atoms with Gasteiger partial charge in [0.15, 0.2) is 0 Å². The first kappa shape index (κ1) is 24.8. The lowest BCUT2D eigenvalue weighted by Gasteiger charge is -2.27. The fourth-order valence-corrected chi connectivity index (χ4v) is 3.90. The number of nitrogens with one attached hydrogen (secondary N) is 3. The van der Waals surface area contributed by atoms with E-state index in [0.29, 0.717) is 0 Å². The second-order valence-corrected chi connectivity index (χ2v) is 9.16. The molecule has 0 unspecified atom stereocenters. The molecule has 2 aromatic carbocycles. The Bertz CT molecular complexity index is 1050. The van der Waals surface area contributed by atoms with Crippen molar-refractivity contribution in [3.05, 3.63) is 59.7 Å². The van der Waals surface area contributed by atoms with E-state index in [4.69, 9.17) is 4.74 Å². The van der Waals surface area contributed by atoms with Gasteiger partial charge >= 0.3 is 12.1 Å². The third-order valence-electron chi connectivity index (χ3n) is 5.60. The molecule has 0 radical (unpaired) electrons. The summed E-state index contributed by atoms with van der Waals surface area (Å²) in [5.74, 6) is -2.51. The number of amides is 3. The molecule has 1 atom stereocenters. The van der Waals surface area contributed by atoms with Gasteiger partial charge in [-0.25, -0.2) is 9.59 Å². The van der Waals surface area contributed by atoms with Crippen molar-refractivity contribution in [1.29, 1.82) is 0 Å². The van der Waals surface area contributed by atoms with Crippen LogP contribution in [0.15, 0.2) is 48.5 Å². The molecule has 0 spiro atoms. The van der Waals surface area contributed by atoms with Crippen molar-refractivity contribution in [3.63, 3.8) is 0 Å². The summed E-state index contributed by atoms with van der Waals surface area (Å²) < 4.78 is 5.36. The Balaban J connectivity index is 1.44. The van der Waals surface area contributed by atoms with E-state index >= 15 is 0 Å². The third-order valence-corrected chi connectivity index (χ3v) is 5.60. The topological polar surface area (TPSA) is 134 Å². The molecule has 180 valence electrons. The maximum atomic E-state index is 12.1. The van der Waals surface area contributed by atoms with Crippen molar-refractivity contribution in [3.8, 4) is 11.1 Å². The van der Waals surface area contributed by atoms with Crippen molar-refractivity contribution in [2.24, 2.45) is 5.41 Å². The fourth-order valence-electron chi connectivity index (χ4n) is 3.90. The minimum absolute atomic E-state index is 0.0966. The number of carbonyl (C=O) groups excluding carboxylic acids is 3. The standard InChI is InChI=1S/C25H29N3O6/c1-25(2,3)22(23(31)32)28-21(30)13-26-20(29)12-27-24(33)34-14-19-17-10-6-4-8-15(17)16-9-5-7-11-18(16)19/h4-11,19,22H,12-14H2,1-3H3,(H,26,29)(H,27,33)(H,28,30)(H,31,32)/t22-/m1/s1. The van der Waals surface area contributed by atoms with Crippen molar-refractivity contribution >= 4 is 23.9 Å². The molecule has 0 saturated heterocycles. The second-order valence-electron chi connectivity index (χ2n) is 9.16. The smallest absolute Gasteiger partial charge is 0.407 e. The van der Waals surface area contributed by atoms with E-state index in [2.05, 4.69) is 16.0 Å². The van der Waals surface area contributed by atoms with Crippen molar-refractivity contribution in [2.75, 3.05) is 19.7 Å². The number of carboxylic acids is 1. The average molecular weight is 468 g/mol. The molecule has 3 amide bonds. The quantitative estimate of drug-likeness (QED) is 0.471. The number of ether oxygens (including phenoxy) is 1. The zero-order valence-corrected chi connectivity index (χ0v) is 19.4. The van der Waals surface area contributed by atoms with Crippen molar-refractivity contribution < 1.29 is 29.0 Å². The van der Waals surface area contributed by atoms with E-state index in [1.165, 1.54) is 0 Å². The number of hydrogen-bond donors (Lipinski definition) is 4. The van der Waals surface area contributed by atoms with Gasteiger partial charge in [0.1, 0.15) is 19.2 Å². The normalized spacial score (nSPS) is 13.3. The highest BCUT2D eigenvalue weighted by Crippen LogP contribution is 2.44. The lowest BCUT2D eigenvalue weighted by molar-refractivity contribution is -0.144. The summed E-state index contributed by atoms with van der Waals surface area (Å²) in [7, 11) is 0. The van der Waals surface area contributed by atoms with Crippen LogP contribution in [0.3, 0.4) is 0 Å². The summed E-state index contributed by atoms with van der Waals surface area (Å²) in [6, 6.07) is 14.8. The highest BCUT2D eigenvalue weighted by atomic mass is 16.5. The molecule has 2 aromatic rings. The fraction of sp³-hybridized carbons (Fsp3) is 0.360. The molecule has 1 aliphatic rings. The van der Waals surface area contributed by atoms with Crippen LogP contribution in [0.1, 0.15) is 37.8 Å². The van der Waals surface area contributed by atoms with Crippen LogP contribution in [0, 0.1) is 5.41 Å². The van der Waals surface area contributed by atoms with Crippen molar-refractivity contribution in [1.82, 2.24) is 16.0 Å². The number of carbonyl (C=O) groups is 4. The Hall–Kier alpha value is -3.88. The number of hydrogen-bond acceptors (Lipinski definition) is 5. The van der Waals surface area contributed by atoms with E-state index in [9.17, 15) is 24.3 Å². The largest absolute Gasteiger partial charge is 0.480 e. The number of alkyl carbamates (subject to hydrolysis) is 1. The minimum atomic E-state index is -1.16. The van der Waals surface area contributed by atoms with Crippen LogP contribution in [0.2, 0.25) is 0 Å². The Morgan fingerprint density at radius 1 is 0.882 bits per heavy atom. The molecule has 0 fully saturated rings. The van der Waals surface area contributed by atoms with Gasteiger partial charge in [0.05, 0.1) is 6.54 Å². The molecule has 4 N–H and O–H groups in total. The predicted molar refractivity (Wildman–Crippen MR) is 125 cm³/mol. The van der Waals surface area contributed by atoms with Crippen LogP contribution >= 0.6 is 0 Å². The van der Waals surface area contributed by atoms with Gasteiger partial charge in [0, 0.05) is 5.92 Å². The van der Waals surface area contributed by atoms with Crippen LogP contribution in [0.5, 0.6) is 0 Å². The van der Waals surface area contributed by atoms with Crippen LogP contribution in [0.4, 0.5) is 4.79 Å².